The van der Waals surface area contributed by atoms with Crippen LogP contribution in [0, 0.1) is 6.92 Å². The number of ketones is 3. The molecule has 2 aliphatic rings. The average Bonchev–Trinajstić information content (AvgIpc) is 3.42. The summed E-state index contributed by atoms with van der Waals surface area (Å²) in [7, 11) is 1.86. The SMILES string of the molecule is CC(=O)c1c(O)c(C)c(O)c2c1OC1=CC(=O)C(=C(C)NC(c3ccccc3)c3nccn3C)C(=O)C12C. The van der Waals surface area contributed by atoms with Gasteiger partial charge in [0.15, 0.2) is 17.3 Å². The van der Waals surface area contributed by atoms with Gasteiger partial charge in [0, 0.05) is 36.8 Å². The molecule has 9 heteroatoms. The molecule has 1 aliphatic carbocycles. The fourth-order valence-corrected chi connectivity index (χ4v) is 5.25. The van der Waals surface area contributed by atoms with Crippen LogP contribution in [-0.2, 0) is 22.1 Å². The number of imidazole rings is 1. The maximum Gasteiger partial charge on any atom is 0.194 e. The van der Waals surface area contributed by atoms with E-state index < -0.39 is 34.6 Å². The van der Waals surface area contributed by atoms with Crippen LogP contribution in [-0.4, -0.2) is 37.1 Å². The highest BCUT2D eigenvalue weighted by atomic mass is 16.5. The molecular weight excluding hydrogens is 486 g/mol. The van der Waals surface area contributed by atoms with Crippen molar-refractivity contribution < 1.29 is 29.3 Å². The molecule has 3 N–H and O–H groups in total. The molecule has 2 atom stereocenters. The number of fused-ring (bicyclic) bond motifs is 3. The normalized spacial score (nSPS) is 20.3. The molecule has 0 radical (unpaired) electrons. The number of benzene rings is 2. The van der Waals surface area contributed by atoms with Gasteiger partial charge in [-0.2, -0.15) is 0 Å². The number of phenolic OH excluding ortho intramolecular Hbond substituents is 2. The maximum atomic E-state index is 14.1. The third-order valence-corrected chi connectivity index (χ3v) is 7.37. The number of carbonyl (C=O) groups is 3. The Bertz CT molecular complexity index is 1600. The standard InChI is InChI=1S/C29H27N3O6/c1-14-24(35)21(16(3)33)26-22(25(14)36)29(4)19(38-26)13-18(34)20(27(29)37)15(2)31-23(17-9-7-6-8-10-17)28-30-11-12-32(28)5/h6-13,23,31,35-36H,1-5H3. The number of allylic oxidation sites excluding steroid dienone is 4. The molecule has 3 aromatic rings. The topological polar surface area (TPSA) is 131 Å². The first-order chi connectivity index (χ1) is 18.0. The lowest BCUT2D eigenvalue weighted by Gasteiger charge is -2.30. The lowest BCUT2D eigenvalue weighted by atomic mass is 9.70. The van der Waals surface area contributed by atoms with Crippen molar-refractivity contribution in [1.29, 1.82) is 0 Å². The predicted octanol–water partition coefficient (Wildman–Crippen LogP) is 3.68. The minimum atomic E-state index is -1.58. The highest BCUT2D eigenvalue weighted by molar-refractivity contribution is 6.31. The Balaban J connectivity index is 1.66. The monoisotopic (exact) mass is 513 g/mol. The van der Waals surface area contributed by atoms with Crippen molar-refractivity contribution in [3.05, 3.63) is 93.9 Å². The molecule has 1 aromatic heterocycles. The number of carbonyl (C=O) groups excluding carboxylic acids is 3. The van der Waals surface area contributed by atoms with E-state index >= 15 is 0 Å². The van der Waals surface area contributed by atoms with Crippen molar-refractivity contribution in [3.8, 4) is 17.2 Å². The van der Waals surface area contributed by atoms with Crippen LogP contribution in [0.15, 0.2) is 65.8 Å². The van der Waals surface area contributed by atoms with Crippen molar-refractivity contribution in [1.82, 2.24) is 14.9 Å². The van der Waals surface area contributed by atoms with Crippen LogP contribution in [0.2, 0.25) is 0 Å². The second-order valence-electron chi connectivity index (χ2n) is 9.77. The lowest BCUT2D eigenvalue weighted by molar-refractivity contribution is -0.123. The summed E-state index contributed by atoms with van der Waals surface area (Å²) in [5.41, 5.74) is -0.531. The predicted molar refractivity (Wildman–Crippen MR) is 138 cm³/mol. The zero-order valence-electron chi connectivity index (χ0n) is 21.6. The maximum absolute atomic E-state index is 14.1. The van der Waals surface area contributed by atoms with E-state index in [1.54, 1.807) is 20.0 Å². The molecule has 9 nitrogen and oxygen atoms in total. The van der Waals surface area contributed by atoms with E-state index in [0.29, 0.717) is 11.5 Å². The molecular formula is C29H27N3O6. The summed E-state index contributed by atoms with van der Waals surface area (Å²) >= 11 is 0. The number of ether oxygens (including phenoxy) is 1. The van der Waals surface area contributed by atoms with Crippen LogP contribution in [0.3, 0.4) is 0 Å². The third kappa shape index (κ3) is 3.46. The average molecular weight is 514 g/mol. The summed E-state index contributed by atoms with van der Waals surface area (Å²) in [5, 5.41) is 24.9. The van der Waals surface area contributed by atoms with Crippen molar-refractivity contribution in [2.75, 3.05) is 0 Å². The summed E-state index contributed by atoms with van der Waals surface area (Å²) in [6, 6.07) is 9.05. The zero-order chi connectivity index (χ0) is 27.5. The second kappa shape index (κ2) is 8.72. The molecule has 2 heterocycles. The van der Waals surface area contributed by atoms with E-state index in [-0.39, 0.29) is 39.5 Å². The van der Waals surface area contributed by atoms with Gasteiger partial charge in [0.1, 0.15) is 45.9 Å². The fraction of sp³-hybridized carbons (Fsp3) is 0.241. The number of hydrogen-bond acceptors (Lipinski definition) is 8. The minimum absolute atomic E-state index is 0.00874. The highest BCUT2D eigenvalue weighted by Crippen LogP contribution is 2.57. The van der Waals surface area contributed by atoms with Gasteiger partial charge in [-0.05, 0) is 33.3 Å². The molecule has 2 aromatic carbocycles. The van der Waals surface area contributed by atoms with Gasteiger partial charge in [0.2, 0.25) is 0 Å². The number of Topliss-reactive ketones (excluding diaryl/α,β-unsaturated/α-hetero) is 2. The van der Waals surface area contributed by atoms with Gasteiger partial charge < -0.3 is 24.8 Å². The molecule has 2 unspecified atom stereocenters. The van der Waals surface area contributed by atoms with Crippen molar-refractivity contribution in [2.24, 2.45) is 7.05 Å². The van der Waals surface area contributed by atoms with Gasteiger partial charge in [-0.3, -0.25) is 14.4 Å². The molecule has 5 rings (SSSR count). The van der Waals surface area contributed by atoms with Gasteiger partial charge in [0.25, 0.3) is 0 Å². The Morgan fingerprint density at radius 1 is 1.13 bits per heavy atom. The zero-order valence-corrected chi connectivity index (χ0v) is 21.6. The van der Waals surface area contributed by atoms with E-state index in [4.69, 9.17) is 4.74 Å². The summed E-state index contributed by atoms with van der Waals surface area (Å²) in [6.45, 7) is 5.88. The molecule has 0 amide bonds. The van der Waals surface area contributed by atoms with E-state index in [1.165, 1.54) is 19.9 Å². The third-order valence-electron chi connectivity index (χ3n) is 7.37. The van der Waals surface area contributed by atoms with E-state index in [9.17, 15) is 24.6 Å². The Morgan fingerprint density at radius 2 is 1.82 bits per heavy atom. The summed E-state index contributed by atoms with van der Waals surface area (Å²) < 4.78 is 7.69. The Kier molecular flexibility index (Phi) is 5.74. The van der Waals surface area contributed by atoms with E-state index in [2.05, 4.69) is 10.3 Å². The second-order valence-corrected chi connectivity index (χ2v) is 9.77. The summed E-state index contributed by atoms with van der Waals surface area (Å²) in [4.78, 5) is 44.3. The fourth-order valence-electron chi connectivity index (χ4n) is 5.25. The first-order valence-corrected chi connectivity index (χ1v) is 12.1. The van der Waals surface area contributed by atoms with Crippen molar-refractivity contribution >= 4 is 17.3 Å². The van der Waals surface area contributed by atoms with Gasteiger partial charge >= 0.3 is 0 Å². The Morgan fingerprint density at radius 3 is 2.42 bits per heavy atom. The quantitative estimate of drug-likeness (QED) is 0.268. The van der Waals surface area contributed by atoms with E-state index in [1.807, 2.05) is 48.1 Å². The highest BCUT2D eigenvalue weighted by Gasteiger charge is 2.56. The Hall–Kier alpha value is -4.66. The van der Waals surface area contributed by atoms with Crippen LogP contribution >= 0.6 is 0 Å². The van der Waals surface area contributed by atoms with Gasteiger partial charge in [-0.25, -0.2) is 4.98 Å². The number of nitrogens with one attached hydrogen (secondary N) is 1. The van der Waals surface area contributed by atoms with Gasteiger partial charge in [-0.15, -0.1) is 0 Å². The number of nitrogens with zero attached hydrogens (tertiary/aromatic N) is 2. The number of aryl methyl sites for hydroxylation is 1. The van der Waals surface area contributed by atoms with Crippen LogP contribution < -0.4 is 10.1 Å². The van der Waals surface area contributed by atoms with Crippen molar-refractivity contribution in [2.45, 2.75) is 39.2 Å². The molecule has 0 saturated heterocycles. The molecule has 0 spiro atoms. The largest absolute Gasteiger partial charge is 0.507 e. The molecule has 38 heavy (non-hydrogen) atoms. The number of hydrogen-bond donors (Lipinski definition) is 3. The lowest BCUT2D eigenvalue weighted by Crippen LogP contribution is -2.41. The molecule has 0 saturated carbocycles. The molecule has 194 valence electrons. The van der Waals surface area contributed by atoms with Crippen LogP contribution in [0.5, 0.6) is 17.2 Å². The smallest absolute Gasteiger partial charge is 0.194 e. The summed E-state index contributed by atoms with van der Waals surface area (Å²) in [5.74, 6) is -1.90. The number of rotatable bonds is 5. The molecule has 1 aliphatic heterocycles. The molecule has 0 fully saturated rings. The first-order valence-electron chi connectivity index (χ1n) is 12.1. The van der Waals surface area contributed by atoms with Gasteiger partial charge in [0.05, 0.1) is 11.1 Å². The van der Waals surface area contributed by atoms with Crippen LogP contribution in [0.4, 0.5) is 0 Å². The van der Waals surface area contributed by atoms with Crippen molar-refractivity contribution in [3.63, 3.8) is 0 Å². The summed E-state index contributed by atoms with van der Waals surface area (Å²) in [6.07, 6.45) is 4.68. The van der Waals surface area contributed by atoms with Crippen LogP contribution in [0.25, 0.3) is 0 Å². The number of aromatic hydroxyl groups is 2. The first kappa shape index (κ1) is 25.0. The van der Waals surface area contributed by atoms with E-state index in [0.717, 1.165) is 5.56 Å². The molecule has 0 bridgehead atoms. The van der Waals surface area contributed by atoms with Gasteiger partial charge in [-0.1, -0.05) is 30.3 Å². The number of phenols is 2. The minimum Gasteiger partial charge on any atom is -0.507 e. The number of aromatic nitrogens is 2. The Labute approximate surface area is 219 Å². The van der Waals surface area contributed by atoms with Crippen LogP contribution in [0.1, 0.15) is 59.7 Å².